The van der Waals surface area contributed by atoms with E-state index in [0.29, 0.717) is 12.8 Å². The van der Waals surface area contributed by atoms with Crippen LogP contribution in [0.1, 0.15) is 36.0 Å². The van der Waals surface area contributed by atoms with Gasteiger partial charge in [0.25, 0.3) is 0 Å². The molecule has 0 fully saturated rings. The highest BCUT2D eigenvalue weighted by Gasteiger charge is 2.29. The summed E-state index contributed by atoms with van der Waals surface area (Å²) in [5.74, 6) is -0.399. The Labute approximate surface area is 166 Å². The minimum atomic E-state index is -0.257. The number of hydrogen-bond acceptors (Lipinski definition) is 3. The highest BCUT2D eigenvalue weighted by atomic mass is 16.2. The number of hydrogen-bond donors (Lipinski definition) is 2. The van der Waals surface area contributed by atoms with Crippen molar-refractivity contribution in [2.24, 2.45) is 11.7 Å². The van der Waals surface area contributed by atoms with Crippen molar-refractivity contribution in [3.8, 4) is 0 Å². The number of carbonyl (C=O) groups excluding carboxylic acids is 2. The number of likely N-dealkylation sites (N-methyl/N-ethyl adjacent to an activating group) is 1. The van der Waals surface area contributed by atoms with Crippen LogP contribution >= 0.6 is 0 Å². The minimum absolute atomic E-state index is 0.0433. The Morgan fingerprint density at radius 3 is 2.54 bits per heavy atom. The first-order valence-electron chi connectivity index (χ1n) is 9.77. The first-order valence-corrected chi connectivity index (χ1v) is 9.77. The number of amides is 2. The summed E-state index contributed by atoms with van der Waals surface area (Å²) in [6.45, 7) is 2.07. The Morgan fingerprint density at radius 2 is 1.89 bits per heavy atom. The molecule has 0 bridgehead atoms. The Bertz CT molecular complexity index is 848. The summed E-state index contributed by atoms with van der Waals surface area (Å²) in [4.78, 5) is 26.0. The molecule has 28 heavy (non-hydrogen) atoms. The largest absolute Gasteiger partial charge is 0.369 e. The van der Waals surface area contributed by atoms with E-state index in [1.54, 1.807) is 0 Å². The second-order valence-electron chi connectivity index (χ2n) is 7.98. The molecule has 5 nitrogen and oxygen atoms in total. The molecule has 3 rings (SSSR count). The van der Waals surface area contributed by atoms with Crippen LogP contribution in [0.15, 0.2) is 48.5 Å². The van der Waals surface area contributed by atoms with Crippen molar-refractivity contribution in [2.45, 2.75) is 38.1 Å². The second-order valence-corrected chi connectivity index (χ2v) is 7.98. The van der Waals surface area contributed by atoms with Crippen LogP contribution in [0.4, 0.5) is 5.69 Å². The topological polar surface area (TPSA) is 75.4 Å². The van der Waals surface area contributed by atoms with Crippen LogP contribution in [0.3, 0.4) is 0 Å². The van der Waals surface area contributed by atoms with Crippen molar-refractivity contribution in [1.82, 2.24) is 4.90 Å². The zero-order valence-corrected chi connectivity index (χ0v) is 16.8. The molecule has 1 aliphatic heterocycles. The molecule has 0 saturated heterocycles. The zero-order chi connectivity index (χ0) is 20.3. The van der Waals surface area contributed by atoms with Gasteiger partial charge in [-0.05, 0) is 55.6 Å². The van der Waals surface area contributed by atoms with Crippen LogP contribution in [-0.2, 0) is 22.4 Å². The summed E-state index contributed by atoms with van der Waals surface area (Å²) in [5.41, 5.74) is 10.1. The molecule has 1 aliphatic rings. The van der Waals surface area contributed by atoms with Crippen LogP contribution in [0.2, 0.25) is 0 Å². The molecule has 2 aromatic rings. The van der Waals surface area contributed by atoms with E-state index in [9.17, 15) is 9.59 Å². The van der Waals surface area contributed by atoms with E-state index in [-0.39, 0.29) is 29.7 Å². The lowest BCUT2D eigenvalue weighted by Crippen LogP contribution is -2.38. The molecule has 2 aromatic carbocycles. The maximum absolute atomic E-state index is 12.3. The van der Waals surface area contributed by atoms with E-state index in [0.717, 1.165) is 23.2 Å². The van der Waals surface area contributed by atoms with Crippen LogP contribution in [-0.4, -0.2) is 36.9 Å². The lowest BCUT2D eigenvalue weighted by atomic mass is 9.81. The Morgan fingerprint density at radius 1 is 1.18 bits per heavy atom. The van der Waals surface area contributed by atoms with Gasteiger partial charge in [0.15, 0.2) is 0 Å². The lowest BCUT2D eigenvalue weighted by Gasteiger charge is -2.30. The monoisotopic (exact) mass is 379 g/mol. The molecule has 0 saturated carbocycles. The number of nitrogens with two attached hydrogens (primary N) is 1. The van der Waals surface area contributed by atoms with Crippen molar-refractivity contribution >= 4 is 17.5 Å². The summed E-state index contributed by atoms with van der Waals surface area (Å²) in [6, 6.07) is 16.4. The maximum Gasteiger partial charge on any atom is 0.228 e. The first kappa shape index (κ1) is 20.1. The van der Waals surface area contributed by atoms with Crippen LogP contribution < -0.4 is 11.1 Å². The molecule has 2 unspecified atom stereocenters. The molecule has 0 aromatic heterocycles. The average Bonchev–Trinajstić information content (AvgIpc) is 3.04. The molecule has 0 radical (unpaired) electrons. The van der Waals surface area contributed by atoms with Gasteiger partial charge in [0.05, 0.1) is 6.42 Å². The molecule has 2 amide bonds. The molecule has 3 N–H and O–H groups in total. The molecule has 148 valence electrons. The smallest absolute Gasteiger partial charge is 0.228 e. The standard InChI is InChI=1S/C23H29N3O2/c1-15(17-7-5-4-6-8-17)20(23(24)28)14-19(26(2)3)12-16-9-10-21-18(11-16)13-22(27)25-21/h4-11,15,19-20H,12-14H2,1-3H3,(H2,24,28)(H,25,27)/t15?,19-,20?/m1/s1. The van der Waals surface area contributed by atoms with Gasteiger partial charge in [-0.15, -0.1) is 0 Å². The molecule has 1 heterocycles. The normalized spacial score (nSPS) is 16.4. The Balaban J connectivity index is 1.77. The van der Waals surface area contributed by atoms with Crippen molar-refractivity contribution < 1.29 is 9.59 Å². The minimum Gasteiger partial charge on any atom is -0.369 e. The summed E-state index contributed by atoms with van der Waals surface area (Å²) in [6.07, 6.45) is 1.93. The summed E-state index contributed by atoms with van der Waals surface area (Å²) >= 11 is 0. The number of rotatable bonds is 8. The fourth-order valence-corrected chi connectivity index (χ4v) is 4.01. The quantitative estimate of drug-likeness (QED) is 0.740. The number of benzene rings is 2. The fraction of sp³-hybridized carbons (Fsp3) is 0.391. The third kappa shape index (κ3) is 4.60. The first-order chi connectivity index (χ1) is 13.3. The molecular formula is C23H29N3O2. The highest BCUT2D eigenvalue weighted by molar-refractivity contribution is 5.99. The van der Waals surface area contributed by atoms with E-state index >= 15 is 0 Å². The van der Waals surface area contributed by atoms with Gasteiger partial charge < -0.3 is 16.0 Å². The number of anilines is 1. The number of primary amides is 1. The van der Waals surface area contributed by atoms with E-state index in [1.807, 2.05) is 38.4 Å². The maximum atomic E-state index is 12.3. The molecule has 0 spiro atoms. The molecule has 5 heteroatoms. The molecule has 0 aliphatic carbocycles. The van der Waals surface area contributed by atoms with Gasteiger partial charge in [-0.2, -0.15) is 0 Å². The lowest BCUT2D eigenvalue weighted by molar-refractivity contribution is -0.123. The predicted octanol–water partition coefficient (Wildman–Crippen LogP) is 2.95. The van der Waals surface area contributed by atoms with Gasteiger partial charge in [0, 0.05) is 17.6 Å². The third-order valence-corrected chi connectivity index (χ3v) is 5.82. The zero-order valence-electron chi connectivity index (χ0n) is 16.8. The Hall–Kier alpha value is -2.66. The number of nitrogens with one attached hydrogen (secondary N) is 1. The van der Waals surface area contributed by atoms with Crippen molar-refractivity contribution in [2.75, 3.05) is 19.4 Å². The van der Waals surface area contributed by atoms with Gasteiger partial charge in [0.2, 0.25) is 11.8 Å². The third-order valence-electron chi connectivity index (χ3n) is 5.82. The summed E-state index contributed by atoms with van der Waals surface area (Å²) in [5, 5.41) is 2.87. The molecule has 3 atom stereocenters. The van der Waals surface area contributed by atoms with Gasteiger partial charge in [0.1, 0.15) is 0 Å². The van der Waals surface area contributed by atoms with Gasteiger partial charge in [-0.3, -0.25) is 9.59 Å². The van der Waals surface area contributed by atoms with Crippen molar-refractivity contribution in [3.05, 3.63) is 65.2 Å². The second kappa shape index (κ2) is 8.57. The SMILES string of the molecule is CC(c1ccccc1)C(C[C@@H](Cc1ccc2c(c1)CC(=O)N2)N(C)C)C(N)=O. The number of carbonyl (C=O) groups is 2. The van der Waals surface area contributed by atoms with Crippen LogP contribution in [0.5, 0.6) is 0 Å². The van der Waals surface area contributed by atoms with E-state index in [1.165, 1.54) is 5.56 Å². The van der Waals surface area contributed by atoms with Crippen LogP contribution in [0.25, 0.3) is 0 Å². The van der Waals surface area contributed by atoms with Gasteiger partial charge >= 0.3 is 0 Å². The van der Waals surface area contributed by atoms with Crippen LogP contribution in [0, 0.1) is 5.92 Å². The predicted molar refractivity (Wildman–Crippen MR) is 112 cm³/mol. The van der Waals surface area contributed by atoms with E-state index < -0.39 is 0 Å². The average molecular weight is 380 g/mol. The highest BCUT2D eigenvalue weighted by Crippen LogP contribution is 2.30. The van der Waals surface area contributed by atoms with Gasteiger partial charge in [-0.25, -0.2) is 0 Å². The summed E-state index contributed by atoms with van der Waals surface area (Å²) < 4.78 is 0. The van der Waals surface area contributed by atoms with E-state index in [2.05, 4.69) is 41.4 Å². The Kier molecular flexibility index (Phi) is 6.15. The van der Waals surface area contributed by atoms with Crippen molar-refractivity contribution in [1.29, 1.82) is 0 Å². The summed E-state index contributed by atoms with van der Waals surface area (Å²) in [7, 11) is 4.07. The van der Waals surface area contributed by atoms with E-state index in [4.69, 9.17) is 5.73 Å². The fourth-order valence-electron chi connectivity index (χ4n) is 4.01. The van der Waals surface area contributed by atoms with Crippen molar-refractivity contribution in [3.63, 3.8) is 0 Å². The molecular weight excluding hydrogens is 350 g/mol. The number of nitrogens with zero attached hydrogens (tertiary/aromatic N) is 1. The van der Waals surface area contributed by atoms with Gasteiger partial charge in [-0.1, -0.05) is 49.4 Å². The number of fused-ring (bicyclic) bond motifs is 1.